The van der Waals surface area contributed by atoms with Crippen LogP contribution in [0.1, 0.15) is 58.3 Å². The van der Waals surface area contributed by atoms with Crippen molar-refractivity contribution in [1.29, 1.82) is 0 Å². The monoisotopic (exact) mass is 230 g/mol. The highest BCUT2D eigenvalue weighted by Gasteiger charge is 2.20. The average molecular weight is 230 g/mol. The average Bonchev–Trinajstić information content (AvgIpc) is 2.27. The fraction of sp³-hybridized carbons (Fsp3) is 1.00. The lowest BCUT2D eigenvalue weighted by Crippen LogP contribution is -2.18. The molecule has 0 rings (SSSR count). The van der Waals surface area contributed by atoms with E-state index in [1.54, 1.807) is 14.2 Å². The van der Waals surface area contributed by atoms with Crippen LogP contribution in [-0.4, -0.2) is 29.0 Å². The molecule has 0 bridgehead atoms. The quantitative estimate of drug-likeness (QED) is 0.396. The summed E-state index contributed by atoms with van der Waals surface area (Å²) >= 11 is -1.26. The van der Waals surface area contributed by atoms with Gasteiger partial charge in [0.1, 0.15) is 0 Å². The summed E-state index contributed by atoms with van der Waals surface area (Å²) in [7, 11) is 3.54. The van der Waals surface area contributed by atoms with Gasteiger partial charge in [0.2, 0.25) is 0 Å². The van der Waals surface area contributed by atoms with Crippen LogP contribution in [0.5, 0.6) is 0 Å². The number of hydrogen-bond acceptors (Lipinski definition) is 2. The second-order valence-corrected chi connectivity index (χ2v) is 6.54. The molecule has 90 valence electrons. The van der Waals surface area contributed by atoms with Gasteiger partial charge in [0.05, 0.1) is 0 Å². The smallest absolute Gasteiger partial charge is 0.481 e. The third-order valence-electron chi connectivity index (χ3n) is 2.82. The third kappa shape index (κ3) is 10.7. The van der Waals surface area contributed by atoms with E-state index in [1.165, 1.54) is 56.6 Å². The van der Waals surface area contributed by atoms with Gasteiger partial charge in [0.15, 0.2) is 0 Å². The van der Waals surface area contributed by atoms with Gasteiger partial charge in [-0.2, -0.15) is 0 Å². The summed E-state index contributed by atoms with van der Waals surface area (Å²) in [5.74, 6) is 0. The Morgan fingerprint density at radius 1 is 0.733 bits per heavy atom. The van der Waals surface area contributed by atoms with E-state index in [-0.39, 0.29) is 0 Å². The van der Waals surface area contributed by atoms with Crippen molar-refractivity contribution in [2.75, 3.05) is 14.2 Å². The summed E-state index contributed by atoms with van der Waals surface area (Å²) in [6.07, 6.45) is 11.0. The van der Waals surface area contributed by atoms with Crippen molar-refractivity contribution < 1.29 is 7.58 Å². The Morgan fingerprint density at radius 2 is 1.20 bits per heavy atom. The van der Waals surface area contributed by atoms with Gasteiger partial charge in [-0.15, -0.1) is 0 Å². The van der Waals surface area contributed by atoms with Crippen LogP contribution in [0.4, 0.5) is 0 Å². The zero-order chi connectivity index (χ0) is 11.4. The van der Waals surface area contributed by atoms with Crippen LogP contribution in [0.25, 0.3) is 0 Å². The van der Waals surface area contributed by atoms with Gasteiger partial charge < -0.3 is 7.58 Å². The van der Waals surface area contributed by atoms with Gasteiger partial charge in [0, 0.05) is 14.2 Å². The Kier molecular flexibility index (Phi) is 12.9. The van der Waals surface area contributed by atoms with Gasteiger partial charge in [-0.1, -0.05) is 58.3 Å². The molecule has 0 aliphatic rings. The number of hydrogen-bond donors (Lipinski definition) is 0. The zero-order valence-electron chi connectivity index (χ0n) is 10.8. The van der Waals surface area contributed by atoms with E-state index in [0.717, 1.165) is 0 Å². The molecule has 0 amide bonds. The van der Waals surface area contributed by atoms with E-state index in [1.807, 2.05) is 0 Å². The van der Waals surface area contributed by atoms with Gasteiger partial charge in [-0.3, -0.25) is 0 Å². The maximum Gasteiger partial charge on any atom is 0.674 e. The van der Waals surface area contributed by atoms with Crippen molar-refractivity contribution in [3.63, 3.8) is 0 Å². The lowest BCUT2D eigenvalue weighted by Gasteiger charge is -2.06. The van der Waals surface area contributed by atoms with E-state index in [9.17, 15) is 0 Å². The van der Waals surface area contributed by atoms with E-state index in [0.29, 0.717) is 0 Å². The molecule has 0 unspecified atom stereocenters. The Labute approximate surface area is 100 Å². The highest BCUT2D eigenvalue weighted by Crippen LogP contribution is 2.11. The molecule has 3 heteroatoms. The van der Waals surface area contributed by atoms with Crippen LogP contribution in [0.2, 0.25) is 5.28 Å². The molecule has 0 aromatic rings. The number of unbranched alkanes of at least 4 members (excludes halogenated alkanes) is 7. The minimum atomic E-state index is -1.26. The van der Waals surface area contributed by atoms with Crippen molar-refractivity contribution in [3.8, 4) is 0 Å². The predicted molar refractivity (Wildman–Crippen MR) is 67.2 cm³/mol. The largest absolute Gasteiger partial charge is 0.674 e. The fourth-order valence-corrected chi connectivity index (χ4v) is 3.06. The minimum Gasteiger partial charge on any atom is -0.481 e. The van der Waals surface area contributed by atoms with Crippen LogP contribution in [0.15, 0.2) is 0 Å². The van der Waals surface area contributed by atoms with Crippen LogP contribution in [-0.2, 0) is 7.58 Å². The van der Waals surface area contributed by atoms with Crippen molar-refractivity contribution in [2.45, 2.75) is 63.6 Å². The molecule has 0 aliphatic carbocycles. The summed E-state index contributed by atoms with van der Waals surface area (Å²) in [5.41, 5.74) is 0. The molecule has 0 spiro atoms. The lowest BCUT2D eigenvalue weighted by molar-refractivity contribution is 0.276. The minimum absolute atomic E-state index is 1.17. The molecule has 15 heavy (non-hydrogen) atoms. The Bertz CT molecular complexity index is 116. The molecule has 0 aliphatic heterocycles. The standard InChI is InChI=1S/C10H21.2CH3O.Al/c1-3-5-7-9-10-8-6-4-2;2*1-2;/h1,3-10H2,2H3;2*1H3;/q;2*-1;+2. The van der Waals surface area contributed by atoms with E-state index >= 15 is 0 Å². The van der Waals surface area contributed by atoms with E-state index < -0.39 is 14.8 Å². The van der Waals surface area contributed by atoms with Gasteiger partial charge in [-0.05, 0) is 5.28 Å². The molecular formula is C12H27AlO2. The lowest BCUT2D eigenvalue weighted by atomic mass is 10.1. The SMILES string of the molecule is CCCCCCCCC[CH2][Al]([O]C)[O]C. The molecule has 0 aromatic heterocycles. The molecule has 0 aromatic carbocycles. The molecule has 0 saturated heterocycles. The summed E-state index contributed by atoms with van der Waals surface area (Å²) in [6.45, 7) is 2.26. The highest BCUT2D eigenvalue weighted by molar-refractivity contribution is 6.44. The van der Waals surface area contributed by atoms with Gasteiger partial charge in [-0.25, -0.2) is 0 Å². The van der Waals surface area contributed by atoms with Crippen LogP contribution < -0.4 is 0 Å². The summed E-state index contributed by atoms with van der Waals surface area (Å²) in [4.78, 5) is 0. The number of rotatable bonds is 11. The van der Waals surface area contributed by atoms with E-state index in [4.69, 9.17) is 7.58 Å². The maximum atomic E-state index is 5.28. The van der Waals surface area contributed by atoms with Crippen LogP contribution in [0, 0.1) is 0 Å². The van der Waals surface area contributed by atoms with Crippen molar-refractivity contribution >= 4 is 14.8 Å². The maximum absolute atomic E-state index is 5.28. The van der Waals surface area contributed by atoms with Crippen molar-refractivity contribution in [2.24, 2.45) is 0 Å². The van der Waals surface area contributed by atoms with E-state index in [2.05, 4.69) is 6.92 Å². The molecule has 0 fully saturated rings. The van der Waals surface area contributed by atoms with Crippen LogP contribution >= 0.6 is 0 Å². The first-order valence-electron chi connectivity index (χ1n) is 6.40. The zero-order valence-corrected chi connectivity index (χ0v) is 11.9. The molecule has 0 atom stereocenters. The Hall–Kier alpha value is 0.452. The highest BCUT2D eigenvalue weighted by atomic mass is 27.2. The third-order valence-corrected chi connectivity index (χ3v) is 4.75. The first-order chi connectivity index (χ1) is 7.35. The molecule has 0 radical (unpaired) electrons. The summed E-state index contributed by atoms with van der Waals surface area (Å²) < 4.78 is 10.6. The van der Waals surface area contributed by atoms with Crippen molar-refractivity contribution in [3.05, 3.63) is 0 Å². The molecule has 0 heterocycles. The second-order valence-electron chi connectivity index (χ2n) is 4.16. The van der Waals surface area contributed by atoms with Gasteiger partial charge >= 0.3 is 14.8 Å². The second kappa shape index (κ2) is 12.5. The molecule has 2 nitrogen and oxygen atoms in total. The van der Waals surface area contributed by atoms with Crippen LogP contribution in [0.3, 0.4) is 0 Å². The van der Waals surface area contributed by atoms with Gasteiger partial charge in [0.25, 0.3) is 0 Å². The first-order valence-corrected chi connectivity index (χ1v) is 8.16. The molecule has 0 saturated carbocycles. The fourth-order valence-electron chi connectivity index (χ4n) is 1.78. The predicted octanol–water partition coefficient (Wildman–Crippen LogP) is 3.91. The normalized spacial score (nSPS) is 10.6. The van der Waals surface area contributed by atoms with Crippen molar-refractivity contribution in [1.82, 2.24) is 0 Å². The molecular weight excluding hydrogens is 203 g/mol. The summed E-state index contributed by atoms with van der Waals surface area (Å²) in [5, 5.41) is 1.17. The first kappa shape index (κ1) is 15.5. The Balaban J connectivity index is 3.04. The summed E-state index contributed by atoms with van der Waals surface area (Å²) in [6, 6.07) is 0. The molecule has 0 N–H and O–H groups in total. The topological polar surface area (TPSA) is 18.5 Å². The Morgan fingerprint density at radius 3 is 1.67 bits per heavy atom.